The lowest BCUT2D eigenvalue weighted by molar-refractivity contribution is -0.120. The Morgan fingerprint density at radius 2 is 1.90 bits per heavy atom. The van der Waals surface area contributed by atoms with E-state index >= 15 is 0 Å². The molecule has 0 spiro atoms. The van der Waals surface area contributed by atoms with Crippen molar-refractivity contribution in [3.05, 3.63) is 70.5 Å². The van der Waals surface area contributed by atoms with Crippen molar-refractivity contribution in [3.63, 3.8) is 0 Å². The number of ether oxygens (including phenoxy) is 1. The molecule has 1 atom stereocenters. The zero-order valence-corrected chi connectivity index (χ0v) is 19.2. The Labute approximate surface area is 190 Å². The number of hydrogen-bond donors (Lipinski definition) is 1. The quantitative estimate of drug-likeness (QED) is 0.521. The molecule has 1 aromatic heterocycles. The molecule has 0 unspecified atom stereocenters. The first-order valence-electron chi connectivity index (χ1n) is 10.4. The van der Waals surface area contributed by atoms with Gasteiger partial charge in [-0.2, -0.15) is 0 Å². The number of nitrogens with one attached hydrogen (secondary N) is 1. The molecule has 160 valence electrons. The zero-order valence-electron chi connectivity index (χ0n) is 17.6. The van der Waals surface area contributed by atoms with E-state index in [1.54, 1.807) is 12.4 Å². The predicted octanol–water partition coefficient (Wildman–Crippen LogP) is 5.50. The number of anilines is 2. The van der Waals surface area contributed by atoms with Gasteiger partial charge in [-0.3, -0.25) is 4.79 Å². The third-order valence-electron chi connectivity index (χ3n) is 5.40. The molecule has 0 bridgehead atoms. The van der Waals surface area contributed by atoms with E-state index in [1.807, 2.05) is 56.3 Å². The number of carbonyl (C=O) groups is 1. The molecule has 0 radical (unpaired) electrons. The van der Waals surface area contributed by atoms with Crippen LogP contribution in [-0.2, 0) is 4.79 Å². The smallest absolute Gasteiger partial charge is 0.263 e. The number of hydrogen-bond acceptors (Lipinski definition) is 5. The lowest BCUT2D eigenvalue weighted by Gasteiger charge is -2.33. The highest BCUT2D eigenvalue weighted by atomic mass is 79.9. The van der Waals surface area contributed by atoms with E-state index in [0.29, 0.717) is 24.0 Å². The highest BCUT2D eigenvalue weighted by molar-refractivity contribution is 9.10. The van der Waals surface area contributed by atoms with Crippen molar-refractivity contribution in [3.8, 4) is 11.6 Å². The summed E-state index contributed by atoms with van der Waals surface area (Å²) in [4.78, 5) is 23.9. The summed E-state index contributed by atoms with van der Waals surface area (Å²) in [5, 5.41) is 3.06. The van der Waals surface area contributed by atoms with E-state index in [1.165, 1.54) is 0 Å². The minimum absolute atomic E-state index is 0.0244. The van der Waals surface area contributed by atoms with Crippen molar-refractivity contribution in [2.45, 2.75) is 26.7 Å². The van der Waals surface area contributed by atoms with Gasteiger partial charge in [0.05, 0.1) is 5.92 Å². The Morgan fingerprint density at radius 3 is 2.68 bits per heavy atom. The normalized spacial score (nSPS) is 16.1. The van der Waals surface area contributed by atoms with E-state index in [9.17, 15) is 4.79 Å². The summed E-state index contributed by atoms with van der Waals surface area (Å²) in [6.07, 6.45) is 5.02. The Hall–Kier alpha value is -2.93. The Bertz CT molecular complexity index is 1070. The average Bonchev–Trinajstić information content (AvgIpc) is 2.78. The minimum atomic E-state index is -0.132. The SMILES string of the molecule is Cc1ccc(Oc2nccnc2N2CCC[C@@H](C(=O)Nc3ccc(Br)c(C)c3)C2)cc1. The number of halogens is 1. The van der Waals surface area contributed by atoms with Gasteiger partial charge in [-0.1, -0.05) is 33.6 Å². The molecular weight excluding hydrogens is 456 g/mol. The molecule has 1 N–H and O–H groups in total. The second kappa shape index (κ2) is 9.47. The number of rotatable bonds is 5. The lowest BCUT2D eigenvalue weighted by atomic mass is 9.97. The van der Waals surface area contributed by atoms with Crippen molar-refractivity contribution in [2.75, 3.05) is 23.3 Å². The summed E-state index contributed by atoms with van der Waals surface area (Å²) < 4.78 is 7.04. The summed E-state index contributed by atoms with van der Waals surface area (Å²) in [5.74, 6) is 1.73. The van der Waals surface area contributed by atoms with Crippen LogP contribution in [0.5, 0.6) is 11.6 Å². The summed E-state index contributed by atoms with van der Waals surface area (Å²) in [6.45, 7) is 5.42. The van der Waals surface area contributed by atoms with Gasteiger partial charge in [0.2, 0.25) is 5.91 Å². The van der Waals surface area contributed by atoms with E-state index < -0.39 is 0 Å². The molecule has 6 nitrogen and oxygen atoms in total. The van der Waals surface area contributed by atoms with Gasteiger partial charge in [0.1, 0.15) is 5.75 Å². The maximum absolute atomic E-state index is 12.9. The van der Waals surface area contributed by atoms with E-state index in [4.69, 9.17) is 4.74 Å². The van der Waals surface area contributed by atoms with Crippen LogP contribution in [0.2, 0.25) is 0 Å². The number of benzene rings is 2. The fourth-order valence-corrected chi connectivity index (χ4v) is 3.92. The van der Waals surface area contributed by atoms with Crippen molar-refractivity contribution in [1.82, 2.24) is 9.97 Å². The van der Waals surface area contributed by atoms with Gasteiger partial charge in [0.15, 0.2) is 5.82 Å². The molecule has 1 saturated heterocycles. The molecule has 0 saturated carbocycles. The number of amides is 1. The number of aryl methyl sites for hydroxylation is 2. The highest BCUT2D eigenvalue weighted by Crippen LogP contribution is 2.31. The van der Waals surface area contributed by atoms with Gasteiger partial charge in [-0.25, -0.2) is 9.97 Å². The van der Waals surface area contributed by atoms with Gasteiger partial charge in [0.25, 0.3) is 5.88 Å². The largest absolute Gasteiger partial charge is 0.436 e. The highest BCUT2D eigenvalue weighted by Gasteiger charge is 2.28. The topological polar surface area (TPSA) is 67.4 Å². The van der Waals surface area contributed by atoms with Crippen LogP contribution in [0.15, 0.2) is 59.3 Å². The van der Waals surface area contributed by atoms with Gasteiger partial charge in [0, 0.05) is 35.6 Å². The molecule has 2 aromatic carbocycles. The monoisotopic (exact) mass is 480 g/mol. The number of nitrogens with zero attached hydrogens (tertiary/aromatic N) is 3. The van der Waals surface area contributed by atoms with Crippen LogP contribution >= 0.6 is 15.9 Å². The van der Waals surface area contributed by atoms with E-state index in [0.717, 1.165) is 40.7 Å². The maximum Gasteiger partial charge on any atom is 0.263 e. The Balaban J connectivity index is 1.47. The van der Waals surface area contributed by atoms with Crippen LogP contribution in [0.25, 0.3) is 0 Å². The molecule has 3 aromatic rings. The fraction of sp³-hybridized carbons (Fsp3) is 0.292. The summed E-state index contributed by atoms with van der Waals surface area (Å²) in [7, 11) is 0. The van der Waals surface area contributed by atoms with Crippen LogP contribution in [0.3, 0.4) is 0 Å². The molecule has 31 heavy (non-hydrogen) atoms. The second-order valence-corrected chi connectivity index (χ2v) is 8.69. The fourth-order valence-electron chi connectivity index (χ4n) is 3.68. The minimum Gasteiger partial charge on any atom is -0.436 e. The van der Waals surface area contributed by atoms with Gasteiger partial charge < -0.3 is 15.0 Å². The van der Waals surface area contributed by atoms with Gasteiger partial charge >= 0.3 is 0 Å². The van der Waals surface area contributed by atoms with Crippen LogP contribution < -0.4 is 15.0 Å². The maximum atomic E-state index is 12.9. The third kappa shape index (κ3) is 5.22. The van der Waals surface area contributed by atoms with Gasteiger partial charge in [-0.05, 0) is 62.6 Å². The summed E-state index contributed by atoms with van der Waals surface area (Å²) in [6, 6.07) is 13.7. The van der Waals surface area contributed by atoms with Crippen LogP contribution in [0.4, 0.5) is 11.5 Å². The van der Waals surface area contributed by atoms with E-state index in [2.05, 4.69) is 36.1 Å². The molecular formula is C24H25BrN4O2. The number of piperidine rings is 1. The molecule has 1 amide bonds. The Kier molecular flexibility index (Phi) is 6.51. The van der Waals surface area contributed by atoms with Crippen LogP contribution in [0, 0.1) is 19.8 Å². The van der Waals surface area contributed by atoms with Crippen molar-refractivity contribution >= 4 is 33.3 Å². The second-order valence-electron chi connectivity index (χ2n) is 7.84. The third-order valence-corrected chi connectivity index (χ3v) is 6.29. The first-order chi connectivity index (χ1) is 15.0. The average molecular weight is 481 g/mol. The van der Waals surface area contributed by atoms with Crippen molar-refractivity contribution in [2.24, 2.45) is 5.92 Å². The van der Waals surface area contributed by atoms with Crippen LogP contribution in [-0.4, -0.2) is 29.0 Å². The molecule has 1 aliphatic heterocycles. The van der Waals surface area contributed by atoms with E-state index in [-0.39, 0.29) is 11.8 Å². The van der Waals surface area contributed by atoms with Crippen molar-refractivity contribution < 1.29 is 9.53 Å². The standard InChI is InChI=1S/C24H25BrN4O2/c1-16-5-8-20(9-6-16)31-24-22(26-11-12-27-24)29-13-3-4-18(15-29)23(30)28-19-7-10-21(25)17(2)14-19/h5-12,14,18H,3-4,13,15H2,1-2H3,(H,28,30)/t18-/m1/s1. The molecule has 1 fully saturated rings. The first kappa shape index (κ1) is 21.3. The van der Waals surface area contributed by atoms with Crippen LogP contribution in [0.1, 0.15) is 24.0 Å². The molecule has 4 rings (SSSR count). The molecule has 1 aliphatic rings. The predicted molar refractivity (Wildman–Crippen MR) is 126 cm³/mol. The first-order valence-corrected chi connectivity index (χ1v) is 11.2. The molecule has 2 heterocycles. The lowest BCUT2D eigenvalue weighted by Crippen LogP contribution is -2.41. The Morgan fingerprint density at radius 1 is 1.13 bits per heavy atom. The zero-order chi connectivity index (χ0) is 21.8. The van der Waals surface area contributed by atoms with Crippen molar-refractivity contribution in [1.29, 1.82) is 0 Å². The summed E-state index contributed by atoms with van der Waals surface area (Å²) >= 11 is 3.50. The molecule has 0 aliphatic carbocycles. The number of carbonyl (C=O) groups excluding carboxylic acids is 1. The number of aromatic nitrogens is 2. The summed E-state index contributed by atoms with van der Waals surface area (Å²) in [5.41, 5.74) is 3.06. The molecule has 7 heteroatoms. The van der Waals surface area contributed by atoms with Gasteiger partial charge in [-0.15, -0.1) is 0 Å².